The van der Waals surface area contributed by atoms with Gasteiger partial charge in [-0.1, -0.05) is 17.7 Å². The van der Waals surface area contributed by atoms with E-state index in [4.69, 9.17) is 11.6 Å². The number of sulfonamides is 1. The van der Waals surface area contributed by atoms with E-state index in [2.05, 4.69) is 30.2 Å². The minimum atomic E-state index is -3.79. The number of rotatable bonds is 8. The quantitative estimate of drug-likeness (QED) is 0.256. The highest BCUT2D eigenvalue weighted by molar-refractivity contribution is 7.94. The van der Waals surface area contributed by atoms with E-state index >= 15 is 0 Å². The van der Waals surface area contributed by atoms with Crippen LogP contribution in [0.25, 0.3) is 0 Å². The van der Waals surface area contributed by atoms with E-state index in [0.29, 0.717) is 11.3 Å². The molecule has 13 heteroatoms. The summed E-state index contributed by atoms with van der Waals surface area (Å²) in [6.45, 7) is 6.40. The number of piperidine rings is 1. The molecule has 3 N–H and O–H groups in total. The Bertz CT molecular complexity index is 1480. The number of alkyl halides is 2. The van der Waals surface area contributed by atoms with Gasteiger partial charge in [0.2, 0.25) is 16.0 Å². The van der Waals surface area contributed by atoms with E-state index in [-0.39, 0.29) is 39.9 Å². The SMILES string of the molecule is CN1CCC(c2ccc(Nc3ncc(C(F)F)c(Nc4ccc(Cl)c(NS(=O)(=O)C(C)(C)C)c4)n3)cc2F)CC1. The molecule has 8 nitrogen and oxygen atoms in total. The molecule has 1 aliphatic heterocycles. The Balaban J connectivity index is 1.57. The van der Waals surface area contributed by atoms with E-state index in [9.17, 15) is 21.6 Å². The minimum Gasteiger partial charge on any atom is -0.340 e. The highest BCUT2D eigenvalue weighted by Gasteiger charge is 2.29. The molecule has 1 saturated heterocycles. The van der Waals surface area contributed by atoms with Gasteiger partial charge < -0.3 is 15.5 Å². The van der Waals surface area contributed by atoms with Gasteiger partial charge in [-0.25, -0.2) is 26.6 Å². The van der Waals surface area contributed by atoms with Gasteiger partial charge in [-0.05, 0) is 95.6 Å². The lowest BCUT2D eigenvalue weighted by Crippen LogP contribution is -2.33. The van der Waals surface area contributed by atoms with Crippen LogP contribution in [0.2, 0.25) is 5.02 Å². The first kappa shape index (κ1) is 29.9. The molecular weight excluding hydrogens is 565 g/mol. The molecule has 40 heavy (non-hydrogen) atoms. The van der Waals surface area contributed by atoms with Gasteiger partial charge in [0.25, 0.3) is 6.43 Å². The summed E-state index contributed by atoms with van der Waals surface area (Å²) in [5.74, 6) is -0.447. The normalized spacial score (nSPS) is 15.3. The van der Waals surface area contributed by atoms with Crippen LogP contribution in [0.4, 0.5) is 42.0 Å². The number of likely N-dealkylation sites (tertiary alicyclic amines) is 1. The van der Waals surface area contributed by atoms with Gasteiger partial charge >= 0.3 is 0 Å². The topological polar surface area (TPSA) is 99.2 Å². The zero-order chi connectivity index (χ0) is 29.2. The van der Waals surface area contributed by atoms with Crippen molar-refractivity contribution in [2.24, 2.45) is 0 Å². The number of anilines is 5. The highest BCUT2D eigenvalue weighted by atomic mass is 35.5. The van der Waals surface area contributed by atoms with E-state index < -0.39 is 26.8 Å². The number of nitrogens with zero attached hydrogens (tertiary/aromatic N) is 3. The van der Waals surface area contributed by atoms with Crippen LogP contribution in [0.1, 0.15) is 57.1 Å². The molecular formula is C27H32ClF3N6O2S. The molecule has 1 aromatic heterocycles. The lowest BCUT2D eigenvalue weighted by molar-refractivity contribution is 0.151. The van der Waals surface area contributed by atoms with E-state index in [1.54, 1.807) is 12.1 Å². The van der Waals surface area contributed by atoms with Crippen molar-refractivity contribution < 1.29 is 21.6 Å². The maximum Gasteiger partial charge on any atom is 0.268 e. The number of nitrogens with one attached hydrogen (secondary N) is 3. The Kier molecular flexibility index (Phi) is 8.81. The summed E-state index contributed by atoms with van der Waals surface area (Å²) in [6, 6.07) is 9.10. The van der Waals surface area contributed by atoms with Crippen LogP contribution in [-0.2, 0) is 10.0 Å². The van der Waals surface area contributed by atoms with Crippen LogP contribution in [0.5, 0.6) is 0 Å². The van der Waals surface area contributed by atoms with E-state index in [1.807, 2.05) is 7.05 Å². The molecule has 0 unspecified atom stereocenters. The molecule has 3 aromatic rings. The Labute approximate surface area is 237 Å². The highest BCUT2D eigenvalue weighted by Crippen LogP contribution is 2.34. The number of hydrogen-bond acceptors (Lipinski definition) is 7. The fraction of sp³-hybridized carbons (Fsp3) is 0.407. The molecule has 0 aliphatic carbocycles. The smallest absolute Gasteiger partial charge is 0.268 e. The molecule has 0 bridgehead atoms. The van der Waals surface area contributed by atoms with Gasteiger partial charge in [-0.15, -0.1) is 0 Å². The zero-order valence-electron chi connectivity index (χ0n) is 22.6. The van der Waals surface area contributed by atoms with Crippen molar-refractivity contribution in [2.45, 2.75) is 50.7 Å². The summed E-state index contributed by atoms with van der Waals surface area (Å²) in [5, 5.41) is 5.80. The number of halogens is 4. The van der Waals surface area contributed by atoms with E-state index in [1.165, 1.54) is 45.0 Å². The molecule has 1 aliphatic rings. The van der Waals surface area contributed by atoms with Crippen LogP contribution in [-0.4, -0.2) is 48.2 Å². The molecule has 0 amide bonds. The zero-order valence-corrected chi connectivity index (χ0v) is 24.2. The van der Waals surface area contributed by atoms with Gasteiger partial charge in [0.05, 0.1) is 21.0 Å². The first-order valence-corrected chi connectivity index (χ1v) is 14.6. The summed E-state index contributed by atoms with van der Waals surface area (Å²) < 4.78 is 69.1. The van der Waals surface area contributed by atoms with Crippen molar-refractivity contribution >= 4 is 50.5 Å². The molecule has 2 aromatic carbocycles. The van der Waals surface area contributed by atoms with Gasteiger partial charge in [0.1, 0.15) is 11.6 Å². The first-order valence-electron chi connectivity index (χ1n) is 12.7. The third-order valence-electron chi connectivity index (χ3n) is 6.75. The molecule has 0 spiro atoms. The number of benzene rings is 2. The van der Waals surface area contributed by atoms with Crippen LogP contribution >= 0.6 is 11.6 Å². The Morgan fingerprint density at radius 2 is 1.70 bits per heavy atom. The molecule has 0 radical (unpaired) electrons. The molecule has 2 heterocycles. The lowest BCUT2D eigenvalue weighted by Gasteiger charge is -2.29. The van der Waals surface area contributed by atoms with Crippen LogP contribution < -0.4 is 15.4 Å². The Hall–Kier alpha value is -3.09. The fourth-order valence-electron chi connectivity index (χ4n) is 4.21. The first-order chi connectivity index (χ1) is 18.7. The standard InChI is InChI=1S/C27H32ClF3N6O2S/c1-27(2,3)40(38,39)36-23-14-18(6-8-21(23)28)33-25-20(24(30)31)15-32-26(35-25)34-17-5-7-19(22(29)13-17)16-9-11-37(4)12-10-16/h5-8,13-16,24,36H,9-12H2,1-4H3,(H2,32,33,34,35). The Morgan fingerprint density at radius 3 is 2.33 bits per heavy atom. The minimum absolute atomic E-state index is 0.0269. The van der Waals surface area contributed by atoms with E-state index in [0.717, 1.165) is 32.1 Å². The number of aromatic nitrogens is 2. The van der Waals surface area contributed by atoms with Gasteiger partial charge in [-0.3, -0.25) is 4.72 Å². The molecule has 216 valence electrons. The van der Waals surface area contributed by atoms with Crippen molar-refractivity contribution in [3.05, 3.63) is 64.6 Å². The van der Waals surface area contributed by atoms with Gasteiger partial charge in [-0.2, -0.15) is 4.98 Å². The monoisotopic (exact) mass is 596 g/mol. The second kappa shape index (κ2) is 11.8. The molecule has 0 saturated carbocycles. The second-order valence-electron chi connectivity index (χ2n) is 10.8. The molecule has 4 rings (SSSR count). The van der Waals surface area contributed by atoms with Crippen molar-refractivity contribution in [2.75, 3.05) is 35.5 Å². The van der Waals surface area contributed by atoms with Crippen LogP contribution in [0.3, 0.4) is 0 Å². The van der Waals surface area contributed by atoms with Crippen LogP contribution in [0, 0.1) is 5.82 Å². The van der Waals surface area contributed by atoms with Gasteiger partial charge in [0, 0.05) is 17.6 Å². The third kappa shape index (κ3) is 6.97. The predicted octanol–water partition coefficient (Wildman–Crippen LogP) is 7.04. The summed E-state index contributed by atoms with van der Waals surface area (Å²) in [4.78, 5) is 10.4. The predicted molar refractivity (Wildman–Crippen MR) is 153 cm³/mol. The summed E-state index contributed by atoms with van der Waals surface area (Å²) >= 11 is 6.19. The maximum absolute atomic E-state index is 15.0. The molecule has 1 fully saturated rings. The van der Waals surface area contributed by atoms with Crippen molar-refractivity contribution in [3.8, 4) is 0 Å². The largest absolute Gasteiger partial charge is 0.340 e. The summed E-state index contributed by atoms with van der Waals surface area (Å²) in [5.41, 5.74) is 0.885. The summed E-state index contributed by atoms with van der Waals surface area (Å²) in [6.07, 6.45) is -0.173. The fourth-order valence-corrected chi connectivity index (χ4v) is 5.20. The van der Waals surface area contributed by atoms with Crippen molar-refractivity contribution in [3.63, 3.8) is 0 Å². The van der Waals surface area contributed by atoms with Crippen molar-refractivity contribution in [1.82, 2.24) is 14.9 Å². The maximum atomic E-state index is 15.0. The lowest BCUT2D eigenvalue weighted by atomic mass is 9.89. The summed E-state index contributed by atoms with van der Waals surface area (Å²) in [7, 11) is -1.75. The number of hydrogen-bond donors (Lipinski definition) is 3. The Morgan fingerprint density at radius 1 is 1.05 bits per heavy atom. The molecule has 0 atom stereocenters. The van der Waals surface area contributed by atoms with Crippen molar-refractivity contribution in [1.29, 1.82) is 0 Å². The average molecular weight is 597 g/mol. The van der Waals surface area contributed by atoms with Gasteiger partial charge in [0.15, 0.2) is 0 Å². The second-order valence-corrected chi connectivity index (χ2v) is 13.6. The third-order valence-corrected chi connectivity index (χ3v) is 9.18. The average Bonchev–Trinajstić information content (AvgIpc) is 2.86. The van der Waals surface area contributed by atoms with Crippen LogP contribution in [0.15, 0.2) is 42.6 Å².